The molecule has 138 valence electrons. The second-order valence-corrected chi connectivity index (χ2v) is 8.30. The van der Waals surface area contributed by atoms with E-state index < -0.39 is 0 Å². The summed E-state index contributed by atoms with van der Waals surface area (Å²) in [5.74, 6) is 0.519. The molecule has 3 aliphatic heterocycles. The van der Waals surface area contributed by atoms with Gasteiger partial charge in [0.25, 0.3) is 0 Å². The Hall–Kier alpha value is -1.10. The number of likely N-dealkylation sites (tertiary alicyclic amines) is 1. The van der Waals surface area contributed by atoms with Crippen molar-refractivity contribution in [3.63, 3.8) is 0 Å². The molecule has 0 amide bonds. The lowest BCUT2D eigenvalue weighted by molar-refractivity contribution is 0.127. The van der Waals surface area contributed by atoms with Crippen molar-refractivity contribution in [3.05, 3.63) is 29.8 Å². The Morgan fingerprint density at radius 3 is 2.76 bits per heavy atom. The van der Waals surface area contributed by atoms with Crippen LogP contribution in [-0.2, 0) is 6.54 Å². The van der Waals surface area contributed by atoms with Gasteiger partial charge < -0.3 is 15.3 Å². The molecule has 1 aromatic carbocycles. The zero-order chi connectivity index (χ0) is 17.1. The second-order valence-electron chi connectivity index (χ2n) is 8.30. The summed E-state index contributed by atoms with van der Waals surface area (Å²) in [5.41, 5.74) is 2.70. The van der Waals surface area contributed by atoms with E-state index in [-0.39, 0.29) is 0 Å². The van der Waals surface area contributed by atoms with E-state index in [1.165, 1.54) is 50.0 Å². The third kappa shape index (κ3) is 4.36. The summed E-state index contributed by atoms with van der Waals surface area (Å²) >= 11 is 0. The van der Waals surface area contributed by atoms with E-state index in [2.05, 4.69) is 39.4 Å². The maximum Gasteiger partial charge on any atom is 0.0460 e. The summed E-state index contributed by atoms with van der Waals surface area (Å²) in [4.78, 5) is 5.22. The van der Waals surface area contributed by atoms with Crippen LogP contribution >= 0.6 is 0 Å². The minimum atomic E-state index is 0.354. The standard InChI is InChI=1S/C21H33N3O/c25-16-17-6-10-23(11-7-17)15-18-3-1-4-19(13-18)22-20-8-12-24-9-2-5-21(24)14-20/h1,3-4,13,17,20-22,25H,2,5-12,14-16H2. The Morgan fingerprint density at radius 2 is 1.92 bits per heavy atom. The monoisotopic (exact) mass is 343 g/mol. The number of hydrogen-bond acceptors (Lipinski definition) is 4. The molecule has 25 heavy (non-hydrogen) atoms. The number of aliphatic hydroxyl groups excluding tert-OH is 1. The minimum absolute atomic E-state index is 0.354. The maximum absolute atomic E-state index is 9.29. The van der Waals surface area contributed by atoms with Crippen molar-refractivity contribution in [3.8, 4) is 0 Å². The zero-order valence-electron chi connectivity index (χ0n) is 15.4. The van der Waals surface area contributed by atoms with Crippen LogP contribution in [0.1, 0.15) is 44.1 Å². The van der Waals surface area contributed by atoms with Gasteiger partial charge in [-0.2, -0.15) is 0 Å². The van der Waals surface area contributed by atoms with Crippen LogP contribution in [0.25, 0.3) is 0 Å². The lowest BCUT2D eigenvalue weighted by Crippen LogP contribution is -2.42. The highest BCUT2D eigenvalue weighted by Crippen LogP contribution is 2.29. The molecule has 3 aliphatic rings. The average Bonchev–Trinajstić information content (AvgIpc) is 3.10. The van der Waals surface area contributed by atoms with Crippen LogP contribution in [0.5, 0.6) is 0 Å². The lowest BCUT2D eigenvalue weighted by atomic mass is 9.97. The van der Waals surface area contributed by atoms with Crippen molar-refractivity contribution in [2.75, 3.05) is 38.1 Å². The number of benzene rings is 1. The molecule has 4 nitrogen and oxygen atoms in total. The average molecular weight is 344 g/mol. The molecule has 0 radical (unpaired) electrons. The first-order valence-corrected chi connectivity index (χ1v) is 10.2. The van der Waals surface area contributed by atoms with Crippen molar-refractivity contribution in [2.45, 2.75) is 57.2 Å². The SMILES string of the molecule is OCC1CCN(Cc2cccc(NC3CCN4CCCC4C3)c2)CC1. The predicted octanol–water partition coefficient (Wildman–Crippen LogP) is 2.93. The molecule has 3 saturated heterocycles. The third-order valence-corrected chi connectivity index (χ3v) is 6.49. The number of aliphatic hydroxyl groups is 1. The van der Waals surface area contributed by atoms with Gasteiger partial charge in [0, 0.05) is 37.5 Å². The lowest BCUT2D eigenvalue weighted by Gasteiger charge is -2.35. The fourth-order valence-electron chi connectivity index (χ4n) is 4.94. The van der Waals surface area contributed by atoms with Crippen molar-refractivity contribution in [1.82, 2.24) is 9.80 Å². The Labute approximate surface area is 152 Å². The van der Waals surface area contributed by atoms with E-state index in [9.17, 15) is 5.11 Å². The first kappa shape index (κ1) is 17.3. The van der Waals surface area contributed by atoms with Crippen LogP contribution < -0.4 is 5.32 Å². The van der Waals surface area contributed by atoms with E-state index in [4.69, 9.17) is 0 Å². The molecule has 3 heterocycles. The van der Waals surface area contributed by atoms with E-state index in [0.717, 1.165) is 38.5 Å². The molecule has 3 fully saturated rings. The van der Waals surface area contributed by atoms with Gasteiger partial charge in [-0.3, -0.25) is 4.90 Å². The van der Waals surface area contributed by atoms with Crippen LogP contribution in [0, 0.1) is 5.92 Å². The Bertz CT molecular complexity index is 556. The van der Waals surface area contributed by atoms with Gasteiger partial charge in [-0.25, -0.2) is 0 Å². The summed E-state index contributed by atoms with van der Waals surface area (Å²) in [6.07, 6.45) is 7.62. The van der Waals surface area contributed by atoms with Crippen LogP contribution in [-0.4, -0.2) is 59.8 Å². The van der Waals surface area contributed by atoms with Crippen LogP contribution in [0.4, 0.5) is 5.69 Å². The molecular formula is C21H33N3O. The normalized spacial score (nSPS) is 28.8. The molecule has 0 spiro atoms. The third-order valence-electron chi connectivity index (χ3n) is 6.49. The minimum Gasteiger partial charge on any atom is -0.396 e. The van der Waals surface area contributed by atoms with Gasteiger partial charge in [0.2, 0.25) is 0 Å². The number of rotatable bonds is 5. The van der Waals surface area contributed by atoms with Crippen LogP contribution in [0.2, 0.25) is 0 Å². The van der Waals surface area contributed by atoms with Gasteiger partial charge in [-0.1, -0.05) is 12.1 Å². The summed E-state index contributed by atoms with van der Waals surface area (Å²) in [6.45, 7) is 6.20. The molecule has 4 heteroatoms. The van der Waals surface area contributed by atoms with Gasteiger partial charge in [0.05, 0.1) is 0 Å². The summed E-state index contributed by atoms with van der Waals surface area (Å²) in [7, 11) is 0. The Morgan fingerprint density at radius 1 is 1.04 bits per heavy atom. The second kappa shape index (κ2) is 8.07. The smallest absolute Gasteiger partial charge is 0.0460 e. The molecule has 2 unspecified atom stereocenters. The first-order chi connectivity index (χ1) is 12.3. The Kier molecular flexibility index (Phi) is 5.59. The van der Waals surface area contributed by atoms with Crippen molar-refractivity contribution in [1.29, 1.82) is 0 Å². The number of piperidine rings is 2. The molecule has 0 aromatic heterocycles. The van der Waals surface area contributed by atoms with E-state index in [1.807, 2.05) is 0 Å². The number of nitrogens with zero attached hydrogens (tertiary/aromatic N) is 2. The van der Waals surface area contributed by atoms with Gasteiger partial charge in [0.1, 0.15) is 0 Å². The molecule has 4 rings (SSSR count). The fourth-order valence-corrected chi connectivity index (χ4v) is 4.94. The van der Waals surface area contributed by atoms with Gasteiger partial charge in [0.15, 0.2) is 0 Å². The van der Waals surface area contributed by atoms with Crippen molar-refractivity contribution in [2.24, 2.45) is 5.92 Å². The number of hydrogen-bond donors (Lipinski definition) is 2. The molecule has 0 aliphatic carbocycles. The highest BCUT2D eigenvalue weighted by molar-refractivity contribution is 5.46. The van der Waals surface area contributed by atoms with Crippen molar-refractivity contribution >= 4 is 5.69 Å². The zero-order valence-corrected chi connectivity index (χ0v) is 15.4. The molecule has 0 bridgehead atoms. The number of nitrogens with one attached hydrogen (secondary N) is 1. The quantitative estimate of drug-likeness (QED) is 0.862. The van der Waals surface area contributed by atoms with Gasteiger partial charge >= 0.3 is 0 Å². The molecule has 1 aromatic rings. The van der Waals surface area contributed by atoms with Gasteiger partial charge in [-0.05, 0) is 81.8 Å². The topological polar surface area (TPSA) is 38.7 Å². The first-order valence-electron chi connectivity index (χ1n) is 10.2. The van der Waals surface area contributed by atoms with Gasteiger partial charge in [-0.15, -0.1) is 0 Å². The summed E-state index contributed by atoms with van der Waals surface area (Å²) < 4.78 is 0. The number of anilines is 1. The maximum atomic E-state index is 9.29. The summed E-state index contributed by atoms with van der Waals surface area (Å²) in [6, 6.07) is 10.5. The highest BCUT2D eigenvalue weighted by atomic mass is 16.3. The molecular weight excluding hydrogens is 310 g/mol. The largest absolute Gasteiger partial charge is 0.396 e. The molecule has 0 saturated carbocycles. The van der Waals surface area contributed by atoms with Crippen LogP contribution in [0.3, 0.4) is 0 Å². The fraction of sp³-hybridized carbons (Fsp3) is 0.714. The van der Waals surface area contributed by atoms with Crippen LogP contribution in [0.15, 0.2) is 24.3 Å². The van der Waals surface area contributed by atoms with E-state index >= 15 is 0 Å². The number of fused-ring (bicyclic) bond motifs is 1. The predicted molar refractivity (Wildman–Crippen MR) is 103 cm³/mol. The highest BCUT2D eigenvalue weighted by Gasteiger charge is 2.31. The molecule has 2 N–H and O–H groups in total. The molecule has 2 atom stereocenters. The Balaban J connectivity index is 1.30. The van der Waals surface area contributed by atoms with E-state index in [1.54, 1.807) is 0 Å². The van der Waals surface area contributed by atoms with E-state index in [0.29, 0.717) is 18.6 Å². The summed E-state index contributed by atoms with van der Waals surface area (Å²) in [5, 5.41) is 13.1. The van der Waals surface area contributed by atoms with Crippen molar-refractivity contribution < 1.29 is 5.11 Å².